The maximum Gasteiger partial charge on any atom is 0.136 e. The number of fused-ring (bicyclic) bond motifs is 1. The predicted octanol–water partition coefficient (Wildman–Crippen LogP) is 4.19. The van der Waals surface area contributed by atoms with Crippen molar-refractivity contribution in [3.63, 3.8) is 0 Å². The van der Waals surface area contributed by atoms with Crippen LogP contribution in [0.5, 0.6) is 5.75 Å². The van der Waals surface area contributed by atoms with Crippen LogP contribution in [0, 0.1) is 0 Å². The molecule has 2 aromatic rings. The van der Waals surface area contributed by atoms with Crippen molar-refractivity contribution < 1.29 is 4.74 Å². The van der Waals surface area contributed by atoms with Gasteiger partial charge >= 0.3 is 0 Å². The molecule has 1 aromatic heterocycles. The molecule has 0 aliphatic heterocycles. The summed E-state index contributed by atoms with van der Waals surface area (Å²) in [5.41, 5.74) is 1.24. The number of ether oxygens (including phenoxy) is 1. The van der Waals surface area contributed by atoms with E-state index in [1.165, 1.54) is 5.56 Å². The number of hydrogen-bond donors (Lipinski definition) is 0. The Bertz CT molecular complexity index is 558. The van der Waals surface area contributed by atoms with Gasteiger partial charge in [0.25, 0.3) is 0 Å². The summed E-state index contributed by atoms with van der Waals surface area (Å²) in [6, 6.07) is 5.93. The first-order valence-electron chi connectivity index (χ1n) is 5.56. The molecule has 90 valence electrons. The summed E-state index contributed by atoms with van der Waals surface area (Å²) < 4.78 is 5.22. The molecular weight excluding hydrogens is 234 g/mol. The van der Waals surface area contributed by atoms with Crippen molar-refractivity contribution in [2.45, 2.75) is 26.2 Å². The molecule has 0 radical (unpaired) electrons. The van der Waals surface area contributed by atoms with Gasteiger partial charge in [0.05, 0.1) is 7.11 Å². The van der Waals surface area contributed by atoms with Crippen LogP contribution in [0.2, 0.25) is 5.15 Å². The Morgan fingerprint density at radius 3 is 2.47 bits per heavy atom. The fraction of sp³-hybridized carbons (Fsp3) is 0.357. The molecule has 3 heteroatoms. The number of hydrogen-bond acceptors (Lipinski definition) is 2. The first-order chi connectivity index (χ1) is 7.93. The Kier molecular flexibility index (Phi) is 3.00. The Morgan fingerprint density at radius 1 is 1.18 bits per heavy atom. The van der Waals surface area contributed by atoms with E-state index in [4.69, 9.17) is 16.3 Å². The van der Waals surface area contributed by atoms with Crippen LogP contribution in [0.3, 0.4) is 0 Å². The highest BCUT2D eigenvalue weighted by molar-refractivity contribution is 6.34. The van der Waals surface area contributed by atoms with Crippen molar-refractivity contribution in [2.75, 3.05) is 7.11 Å². The average molecular weight is 250 g/mol. The van der Waals surface area contributed by atoms with Crippen LogP contribution < -0.4 is 4.74 Å². The van der Waals surface area contributed by atoms with E-state index in [9.17, 15) is 0 Å². The standard InChI is InChI=1S/C14H16ClNO/c1-14(2,3)12-8-16-13(15)11-7-9(17-4)5-6-10(11)12/h5-8H,1-4H3. The minimum Gasteiger partial charge on any atom is -0.497 e. The first kappa shape index (κ1) is 12.2. The van der Waals surface area contributed by atoms with Crippen molar-refractivity contribution in [3.05, 3.63) is 35.1 Å². The summed E-state index contributed by atoms with van der Waals surface area (Å²) in [5.74, 6) is 0.798. The lowest BCUT2D eigenvalue weighted by Crippen LogP contribution is -2.12. The minimum absolute atomic E-state index is 0.0461. The summed E-state index contributed by atoms with van der Waals surface area (Å²) >= 11 is 6.14. The van der Waals surface area contributed by atoms with Gasteiger partial charge in [-0.2, -0.15) is 0 Å². The van der Waals surface area contributed by atoms with Gasteiger partial charge < -0.3 is 4.74 Å². The minimum atomic E-state index is 0.0461. The number of benzene rings is 1. The number of rotatable bonds is 1. The molecule has 0 saturated carbocycles. The molecule has 0 unspecified atom stereocenters. The van der Waals surface area contributed by atoms with Gasteiger partial charge in [0.15, 0.2) is 0 Å². The second kappa shape index (κ2) is 4.19. The van der Waals surface area contributed by atoms with Gasteiger partial charge in [0.2, 0.25) is 0 Å². The molecule has 1 aromatic carbocycles. The highest BCUT2D eigenvalue weighted by atomic mass is 35.5. The van der Waals surface area contributed by atoms with E-state index in [-0.39, 0.29) is 5.41 Å². The first-order valence-corrected chi connectivity index (χ1v) is 5.94. The molecule has 0 amide bonds. The zero-order valence-corrected chi connectivity index (χ0v) is 11.3. The molecule has 17 heavy (non-hydrogen) atoms. The van der Waals surface area contributed by atoms with Crippen LogP contribution in [-0.2, 0) is 5.41 Å². The zero-order valence-electron chi connectivity index (χ0n) is 10.5. The summed E-state index contributed by atoms with van der Waals surface area (Å²) in [4.78, 5) is 4.26. The molecular formula is C14H16ClNO. The van der Waals surface area contributed by atoms with E-state index in [0.717, 1.165) is 16.5 Å². The summed E-state index contributed by atoms with van der Waals surface area (Å²) in [7, 11) is 1.65. The SMILES string of the molecule is COc1ccc2c(C(C)(C)C)cnc(Cl)c2c1. The summed E-state index contributed by atoms with van der Waals surface area (Å²) in [6.45, 7) is 6.50. The molecule has 0 atom stereocenters. The van der Waals surface area contributed by atoms with Gasteiger partial charge in [-0.05, 0) is 28.5 Å². The third-order valence-electron chi connectivity index (χ3n) is 2.85. The molecule has 2 rings (SSSR count). The quantitative estimate of drug-likeness (QED) is 0.707. The van der Waals surface area contributed by atoms with Crippen molar-refractivity contribution in [2.24, 2.45) is 0 Å². The Labute approximate surface area is 107 Å². The smallest absolute Gasteiger partial charge is 0.136 e. The van der Waals surface area contributed by atoms with Gasteiger partial charge in [-0.1, -0.05) is 38.4 Å². The molecule has 0 aliphatic rings. The highest BCUT2D eigenvalue weighted by Crippen LogP contribution is 2.34. The van der Waals surface area contributed by atoms with E-state index >= 15 is 0 Å². The monoisotopic (exact) mass is 249 g/mol. The van der Waals surface area contributed by atoms with Crippen LogP contribution in [0.1, 0.15) is 26.3 Å². The van der Waals surface area contributed by atoms with Crippen molar-refractivity contribution in [3.8, 4) is 5.75 Å². The maximum atomic E-state index is 6.14. The van der Waals surface area contributed by atoms with Gasteiger partial charge in [-0.15, -0.1) is 0 Å². The van der Waals surface area contributed by atoms with Gasteiger partial charge in [-0.25, -0.2) is 4.98 Å². The normalized spacial score (nSPS) is 11.8. The summed E-state index contributed by atoms with van der Waals surface area (Å²) in [5, 5.41) is 2.60. The maximum absolute atomic E-state index is 6.14. The molecule has 0 fully saturated rings. The lowest BCUT2D eigenvalue weighted by molar-refractivity contribution is 0.415. The number of nitrogens with zero attached hydrogens (tertiary/aromatic N) is 1. The number of halogens is 1. The van der Waals surface area contributed by atoms with Gasteiger partial charge in [0, 0.05) is 11.6 Å². The molecule has 0 aliphatic carbocycles. The molecule has 0 saturated heterocycles. The summed E-state index contributed by atoms with van der Waals surface area (Å²) in [6.07, 6.45) is 1.86. The fourth-order valence-electron chi connectivity index (χ4n) is 1.91. The fourth-order valence-corrected chi connectivity index (χ4v) is 2.12. The van der Waals surface area contributed by atoms with E-state index < -0.39 is 0 Å². The van der Waals surface area contributed by atoms with Crippen LogP contribution in [-0.4, -0.2) is 12.1 Å². The third-order valence-corrected chi connectivity index (χ3v) is 3.16. The topological polar surface area (TPSA) is 22.1 Å². The third kappa shape index (κ3) is 2.22. The van der Waals surface area contributed by atoms with Crippen LogP contribution in [0.4, 0.5) is 0 Å². The van der Waals surface area contributed by atoms with E-state index in [0.29, 0.717) is 5.15 Å². The lowest BCUT2D eigenvalue weighted by atomic mass is 9.85. The van der Waals surface area contributed by atoms with E-state index in [1.54, 1.807) is 7.11 Å². The van der Waals surface area contributed by atoms with Crippen molar-refractivity contribution in [1.82, 2.24) is 4.98 Å². The van der Waals surface area contributed by atoms with Crippen LogP contribution in [0.15, 0.2) is 24.4 Å². The van der Waals surface area contributed by atoms with E-state index in [1.807, 2.05) is 24.4 Å². The Balaban J connectivity index is 2.78. The van der Waals surface area contributed by atoms with Gasteiger partial charge in [0.1, 0.15) is 10.9 Å². The van der Waals surface area contributed by atoms with Crippen molar-refractivity contribution >= 4 is 22.4 Å². The zero-order chi connectivity index (χ0) is 12.6. The molecule has 1 heterocycles. The van der Waals surface area contributed by atoms with Crippen LogP contribution >= 0.6 is 11.6 Å². The second-order valence-corrected chi connectivity index (χ2v) is 5.48. The lowest BCUT2D eigenvalue weighted by Gasteiger charge is -2.21. The second-order valence-electron chi connectivity index (χ2n) is 5.12. The Morgan fingerprint density at radius 2 is 1.88 bits per heavy atom. The molecule has 0 spiro atoms. The molecule has 0 N–H and O–H groups in total. The van der Waals surface area contributed by atoms with E-state index in [2.05, 4.69) is 25.8 Å². The van der Waals surface area contributed by atoms with Gasteiger partial charge in [-0.3, -0.25) is 0 Å². The number of aromatic nitrogens is 1. The molecule has 0 bridgehead atoms. The average Bonchev–Trinajstić information content (AvgIpc) is 2.27. The number of methoxy groups -OCH3 is 1. The number of pyridine rings is 1. The predicted molar refractivity (Wildman–Crippen MR) is 72.0 cm³/mol. The van der Waals surface area contributed by atoms with Crippen LogP contribution in [0.25, 0.3) is 10.8 Å². The Hall–Kier alpha value is -1.28. The largest absolute Gasteiger partial charge is 0.497 e. The molecule has 2 nitrogen and oxygen atoms in total. The highest BCUT2D eigenvalue weighted by Gasteiger charge is 2.18. The van der Waals surface area contributed by atoms with Crippen molar-refractivity contribution in [1.29, 1.82) is 0 Å².